The molecule has 2 heterocycles. The molecule has 6 heteroatoms. The summed E-state index contributed by atoms with van der Waals surface area (Å²) in [5, 5.41) is 7.70. The van der Waals surface area contributed by atoms with Crippen LogP contribution in [0.15, 0.2) is 65.2 Å². The quantitative estimate of drug-likeness (QED) is 0.625. The highest BCUT2D eigenvalue weighted by atomic mass is 35.5. The smallest absolute Gasteiger partial charge is 0.273 e. The highest BCUT2D eigenvalue weighted by Crippen LogP contribution is 2.29. The average Bonchev–Trinajstić information content (AvgIpc) is 3.27. The number of likely N-dealkylation sites (tertiary alicyclic amines) is 1. The van der Waals surface area contributed by atoms with Crippen molar-refractivity contribution in [2.45, 2.75) is 25.3 Å². The molecule has 150 valence electrons. The Bertz CT molecular complexity index is 952. The van der Waals surface area contributed by atoms with Crippen LogP contribution in [0.25, 0.3) is 11.3 Å². The molecule has 1 fully saturated rings. The number of hydrogen-bond acceptors (Lipinski definition) is 4. The van der Waals surface area contributed by atoms with E-state index in [9.17, 15) is 4.79 Å². The van der Waals surface area contributed by atoms with Gasteiger partial charge in [-0.3, -0.25) is 9.69 Å². The van der Waals surface area contributed by atoms with Gasteiger partial charge in [0.1, 0.15) is 0 Å². The summed E-state index contributed by atoms with van der Waals surface area (Å²) < 4.78 is 5.36. The lowest BCUT2D eigenvalue weighted by Gasteiger charge is -2.35. The Balaban J connectivity index is 1.48. The summed E-state index contributed by atoms with van der Waals surface area (Å²) in [6.07, 6.45) is 3.58. The molecule has 1 atom stereocenters. The molecule has 3 aromatic rings. The van der Waals surface area contributed by atoms with Crippen molar-refractivity contribution in [2.24, 2.45) is 0 Å². The Labute approximate surface area is 175 Å². The van der Waals surface area contributed by atoms with Crippen LogP contribution in [0.3, 0.4) is 0 Å². The van der Waals surface area contributed by atoms with Crippen LogP contribution in [-0.4, -0.2) is 35.6 Å². The van der Waals surface area contributed by atoms with Gasteiger partial charge in [-0.05, 0) is 37.6 Å². The van der Waals surface area contributed by atoms with Gasteiger partial charge in [-0.25, -0.2) is 0 Å². The minimum absolute atomic E-state index is 0.0356. The molecule has 0 saturated carbocycles. The van der Waals surface area contributed by atoms with Gasteiger partial charge in [0.05, 0.1) is 6.04 Å². The molecule has 1 N–H and O–H groups in total. The van der Waals surface area contributed by atoms with Crippen LogP contribution in [0.4, 0.5) is 0 Å². The van der Waals surface area contributed by atoms with E-state index in [4.69, 9.17) is 16.1 Å². The SMILES string of the molecule is O=C(NCC(c1ccccc1Cl)N1CCCCC1)c1cc(-c2ccccc2)on1. The number of aromatic nitrogens is 1. The molecular weight excluding hydrogens is 386 g/mol. The molecule has 1 unspecified atom stereocenters. The molecule has 1 saturated heterocycles. The summed E-state index contributed by atoms with van der Waals surface area (Å²) in [4.78, 5) is 15.1. The fraction of sp³-hybridized carbons (Fsp3) is 0.304. The van der Waals surface area contributed by atoms with Crippen LogP contribution in [0.1, 0.15) is 41.4 Å². The number of benzene rings is 2. The molecular formula is C23H24ClN3O2. The Kier molecular flexibility index (Phi) is 6.27. The first-order valence-corrected chi connectivity index (χ1v) is 10.4. The van der Waals surface area contributed by atoms with E-state index in [0.29, 0.717) is 12.3 Å². The fourth-order valence-corrected chi connectivity index (χ4v) is 4.07. The Morgan fingerprint density at radius 1 is 1.07 bits per heavy atom. The number of piperidine rings is 1. The molecule has 0 aliphatic carbocycles. The third-order valence-corrected chi connectivity index (χ3v) is 5.70. The van der Waals surface area contributed by atoms with Crippen molar-refractivity contribution >= 4 is 17.5 Å². The van der Waals surface area contributed by atoms with E-state index in [2.05, 4.69) is 15.4 Å². The standard InChI is InChI=1S/C23H24ClN3O2/c24-19-12-6-5-11-18(19)21(27-13-7-2-8-14-27)16-25-23(28)20-15-22(29-26-20)17-9-3-1-4-10-17/h1,3-6,9-12,15,21H,2,7-8,13-14,16H2,(H,25,28). The maximum atomic E-state index is 12.7. The summed E-state index contributed by atoms with van der Waals surface area (Å²) in [5.74, 6) is 0.333. The molecule has 29 heavy (non-hydrogen) atoms. The van der Waals surface area contributed by atoms with Gasteiger partial charge < -0.3 is 9.84 Å². The van der Waals surface area contributed by atoms with E-state index in [1.54, 1.807) is 6.07 Å². The zero-order valence-electron chi connectivity index (χ0n) is 16.2. The highest BCUT2D eigenvalue weighted by molar-refractivity contribution is 6.31. The van der Waals surface area contributed by atoms with E-state index < -0.39 is 0 Å². The van der Waals surface area contributed by atoms with Crippen molar-refractivity contribution in [1.29, 1.82) is 0 Å². The molecule has 4 rings (SSSR count). The van der Waals surface area contributed by atoms with Crippen molar-refractivity contribution < 1.29 is 9.32 Å². The molecule has 0 bridgehead atoms. The van der Waals surface area contributed by atoms with Crippen molar-refractivity contribution in [3.05, 3.63) is 76.9 Å². The van der Waals surface area contributed by atoms with Crippen molar-refractivity contribution in [2.75, 3.05) is 19.6 Å². The van der Waals surface area contributed by atoms with Gasteiger partial charge in [0.25, 0.3) is 5.91 Å². The van der Waals surface area contributed by atoms with Gasteiger partial charge >= 0.3 is 0 Å². The molecule has 5 nitrogen and oxygen atoms in total. The molecule has 2 aromatic carbocycles. The van der Waals surface area contributed by atoms with E-state index in [-0.39, 0.29) is 17.6 Å². The van der Waals surface area contributed by atoms with E-state index in [1.807, 2.05) is 54.6 Å². The van der Waals surface area contributed by atoms with Gasteiger partial charge in [0, 0.05) is 23.2 Å². The predicted molar refractivity (Wildman–Crippen MR) is 114 cm³/mol. The molecule has 0 radical (unpaired) electrons. The van der Waals surface area contributed by atoms with Crippen LogP contribution in [-0.2, 0) is 0 Å². The lowest BCUT2D eigenvalue weighted by atomic mass is 10.0. The van der Waals surface area contributed by atoms with Crippen LogP contribution in [0, 0.1) is 0 Å². The Hall–Kier alpha value is -2.63. The maximum absolute atomic E-state index is 12.7. The zero-order valence-corrected chi connectivity index (χ0v) is 16.9. The van der Waals surface area contributed by atoms with E-state index in [1.165, 1.54) is 19.3 Å². The van der Waals surface area contributed by atoms with Crippen LogP contribution in [0.2, 0.25) is 5.02 Å². The summed E-state index contributed by atoms with van der Waals surface area (Å²) in [7, 11) is 0. The molecule has 1 aliphatic rings. The van der Waals surface area contributed by atoms with Gasteiger partial charge in [-0.2, -0.15) is 0 Å². The number of nitrogens with zero attached hydrogens (tertiary/aromatic N) is 2. The largest absolute Gasteiger partial charge is 0.355 e. The average molecular weight is 410 g/mol. The summed E-state index contributed by atoms with van der Waals surface area (Å²) in [6, 6.07) is 19.2. The van der Waals surface area contributed by atoms with Crippen molar-refractivity contribution in [1.82, 2.24) is 15.4 Å². The van der Waals surface area contributed by atoms with Gasteiger partial charge in [-0.15, -0.1) is 0 Å². The minimum atomic E-state index is -0.245. The lowest BCUT2D eigenvalue weighted by molar-refractivity contribution is 0.0915. The summed E-state index contributed by atoms with van der Waals surface area (Å²) in [5.41, 5.74) is 2.21. The van der Waals surface area contributed by atoms with Gasteiger partial charge in [0.2, 0.25) is 0 Å². The lowest BCUT2D eigenvalue weighted by Crippen LogP contribution is -2.40. The zero-order chi connectivity index (χ0) is 20.1. The van der Waals surface area contributed by atoms with Crippen molar-refractivity contribution in [3.8, 4) is 11.3 Å². The highest BCUT2D eigenvalue weighted by Gasteiger charge is 2.25. The first-order chi connectivity index (χ1) is 14.2. The van der Waals surface area contributed by atoms with Crippen LogP contribution < -0.4 is 5.32 Å². The molecule has 1 amide bonds. The number of rotatable bonds is 6. The number of nitrogens with one attached hydrogen (secondary N) is 1. The molecule has 1 aliphatic heterocycles. The summed E-state index contributed by atoms with van der Waals surface area (Å²) >= 11 is 6.47. The monoisotopic (exact) mass is 409 g/mol. The van der Waals surface area contributed by atoms with E-state index in [0.717, 1.165) is 29.2 Å². The second-order valence-electron chi connectivity index (χ2n) is 7.29. The number of hydrogen-bond donors (Lipinski definition) is 1. The Morgan fingerprint density at radius 3 is 2.55 bits per heavy atom. The molecule has 1 aromatic heterocycles. The first kappa shape index (κ1) is 19.7. The fourth-order valence-electron chi connectivity index (χ4n) is 3.81. The second-order valence-corrected chi connectivity index (χ2v) is 7.69. The van der Waals surface area contributed by atoms with Crippen LogP contribution in [0.5, 0.6) is 0 Å². The predicted octanol–water partition coefficient (Wildman–Crippen LogP) is 4.95. The minimum Gasteiger partial charge on any atom is -0.355 e. The molecule has 0 spiro atoms. The Morgan fingerprint density at radius 2 is 1.79 bits per heavy atom. The van der Waals surface area contributed by atoms with Crippen LogP contribution >= 0.6 is 11.6 Å². The number of carbonyl (C=O) groups excluding carboxylic acids is 1. The van der Waals surface area contributed by atoms with Gasteiger partial charge in [0.15, 0.2) is 11.5 Å². The first-order valence-electron chi connectivity index (χ1n) is 10.0. The number of carbonyl (C=O) groups is 1. The third kappa shape index (κ3) is 4.69. The normalized spacial score (nSPS) is 15.8. The van der Waals surface area contributed by atoms with Gasteiger partial charge in [-0.1, -0.05) is 71.7 Å². The van der Waals surface area contributed by atoms with E-state index >= 15 is 0 Å². The number of halogens is 1. The third-order valence-electron chi connectivity index (χ3n) is 5.35. The second kappa shape index (κ2) is 9.25. The number of amides is 1. The maximum Gasteiger partial charge on any atom is 0.273 e. The summed E-state index contributed by atoms with van der Waals surface area (Å²) in [6.45, 7) is 2.48. The van der Waals surface area contributed by atoms with Crippen molar-refractivity contribution in [3.63, 3.8) is 0 Å². The topological polar surface area (TPSA) is 58.4 Å².